The summed E-state index contributed by atoms with van der Waals surface area (Å²) < 4.78 is 0. The van der Waals surface area contributed by atoms with Gasteiger partial charge in [-0.2, -0.15) is 0 Å². The van der Waals surface area contributed by atoms with E-state index >= 15 is 0 Å². The molecule has 8 heteroatoms. The summed E-state index contributed by atoms with van der Waals surface area (Å²) in [6.45, 7) is 7.28. The van der Waals surface area contributed by atoms with Crippen LogP contribution in [0.4, 0.5) is 4.79 Å². The van der Waals surface area contributed by atoms with Gasteiger partial charge in [0.25, 0.3) is 0 Å². The van der Waals surface area contributed by atoms with Crippen molar-refractivity contribution in [2.45, 2.75) is 46.2 Å². The Hall–Kier alpha value is -1.67. The predicted molar refractivity (Wildman–Crippen MR) is 78.3 cm³/mol. The fourth-order valence-corrected chi connectivity index (χ4v) is 2.43. The van der Waals surface area contributed by atoms with Gasteiger partial charge in [-0.15, -0.1) is 11.3 Å². The van der Waals surface area contributed by atoms with Crippen LogP contribution in [0.1, 0.15) is 44.3 Å². The van der Waals surface area contributed by atoms with Gasteiger partial charge in [-0.25, -0.2) is 19.6 Å². The average Bonchev–Trinajstić information content (AvgIpc) is 2.83. The second-order valence-corrected chi connectivity index (χ2v) is 6.29. The fourth-order valence-electron chi connectivity index (χ4n) is 1.61. The predicted octanol–water partition coefficient (Wildman–Crippen LogP) is 2.28. The van der Waals surface area contributed by atoms with Crippen molar-refractivity contribution in [2.24, 2.45) is 5.92 Å². The van der Waals surface area contributed by atoms with Gasteiger partial charge in [0.2, 0.25) is 0 Å². The Morgan fingerprint density at radius 1 is 1.38 bits per heavy atom. The lowest BCUT2D eigenvalue weighted by atomic mass is 10.1. The largest absolute Gasteiger partial charge is 0.480 e. The summed E-state index contributed by atoms with van der Waals surface area (Å²) in [7, 11) is 0. The molecule has 1 heterocycles. The second kappa shape index (κ2) is 7.37. The van der Waals surface area contributed by atoms with Gasteiger partial charge in [0.15, 0.2) is 0 Å². The van der Waals surface area contributed by atoms with Crippen molar-refractivity contribution in [3.05, 3.63) is 16.1 Å². The van der Waals surface area contributed by atoms with Crippen molar-refractivity contribution >= 4 is 23.3 Å². The number of hydrogen-bond acceptors (Lipinski definition) is 5. The number of rotatable bonds is 6. The molecule has 0 fully saturated rings. The van der Waals surface area contributed by atoms with Gasteiger partial charge in [0, 0.05) is 11.3 Å². The highest BCUT2D eigenvalue weighted by molar-refractivity contribution is 7.09. The Morgan fingerprint density at radius 3 is 2.43 bits per heavy atom. The Bertz CT molecular complexity index is 501. The molecule has 0 bridgehead atoms. The van der Waals surface area contributed by atoms with Crippen LogP contribution < -0.4 is 5.32 Å². The average molecular weight is 315 g/mol. The molecule has 0 aliphatic heterocycles. The van der Waals surface area contributed by atoms with Gasteiger partial charge in [0.1, 0.15) is 6.04 Å². The summed E-state index contributed by atoms with van der Waals surface area (Å²) in [6, 6.07) is -1.90. The lowest BCUT2D eigenvalue weighted by Crippen LogP contribution is -2.49. The fraction of sp³-hybridized carbons (Fsp3) is 0.615. The summed E-state index contributed by atoms with van der Waals surface area (Å²) in [4.78, 5) is 27.1. The zero-order valence-corrected chi connectivity index (χ0v) is 13.3. The van der Waals surface area contributed by atoms with Gasteiger partial charge < -0.3 is 10.4 Å². The van der Waals surface area contributed by atoms with Crippen LogP contribution in [0.2, 0.25) is 0 Å². The summed E-state index contributed by atoms with van der Waals surface area (Å²) in [5.41, 5.74) is 0.567. The summed E-state index contributed by atoms with van der Waals surface area (Å²) >= 11 is 1.46. The van der Waals surface area contributed by atoms with Crippen LogP contribution in [0.15, 0.2) is 5.38 Å². The van der Waals surface area contributed by atoms with Gasteiger partial charge in [0.05, 0.1) is 17.2 Å². The Balaban J connectivity index is 2.63. The third kappa shape index (κ3) is 4.98. The number of carboxylic acid groups (broad SMARTS) is 1. The molecule has 1 rings (SSSR count). The number of hydrogen-bond donors (Lipinski definition) is 3. The molecule has 1 aromatic heterocycles. The maximum Gasteiger partial charge on any atom is 0.342 e. The summed E-state index contributed by atoms with van der Waals surface area (Å²) in [5.74, 6) is -1.14. The molecule has 0 saturated heterocycles. The molecule has 21 heavy (non-hydrogen) atoms. The minimum absolute atomic E-state index is 0.0838. The standard InChI is InChI=1S/C13H21N3O4S/c1-7(2)10(12(17)18)15-13(19)16(20)5-9-6-21-11(14-9)8(3)4/h6-8,10,20H,5H2,1-4H3,(H,15,19)(H,17,18)/t10-/m0/s1. The maximum atomic E-state index is 11.8. The number of carboxylic acids is 1. The van der Waals surface area contributed by atoms with Crippen LogP contribution >= 0.6 is 11.3 Å². The van der Waals surface area contributed by atoms with E-state index in [9.17, 15) is 14.8 Å². The lowest BCUT2D eigenvalue weighted by Gasteiger charge is -2.21. The minimum atomic E-state index is -1.14. The Labute approximate surface area is 127 Å². The smallest absolute Gasteiger partial charge is 0.342 e. The lowest BCUT2D eigenvalue weighted by molar-refractivity contribution is -0.140. The molecule has 0 aromatic carbocycles. The van der Waals surface area contributed by atoms with Crippen molar-refractivity contribution < 1.29 is 19.9 Å². The first kappa shape index (κ1) is 17.4. The highest BCUT2D eigenvalue weighted by Gasteiger charge is 2.25. The second-order valence-electron chi connectivity index (χ2n) is 5.40. The van der Waals surface area contributed by atoms with Crippen LogP contribution in [0.25, 0.3) is 0 Å². The molecule has 0 spiro atoms. The Morgan fingerprint density at radius 2 is 2.00 bits per heavy atom. The number of carbonyl (C=O) groups excluding carboxylic acids is 1. The third-order valence-electron chi connectivity index (χ3n) is 2.82. The van der Waals surface area contributed by atoms with E-state index in [2.05, 4.69) is 10.3 Å². The van der Waals surface area contributed by atoms with Crippen LogP contribution in [-0.4, -0.2) is 38.4 Å². The molecule has 7 nitrogen and oxygen atoms in total. The van der Waals surface area contributed by atoms with E-state index in [1.165, 1.54) is 11.3 Å². The van der Waals surface area contributed by atoms with E-state index in [1.54, 1.807) is 19.2 Å². The normalized spacial score (nSPS) is 12.5. The summed E-state index contributed by atoms with van der Waals surface area (Å²) in [6.07, 6.45) is 0. The van der Waals surface area contributed by atoms with Crippen molar-refractivity contribution in [1.29, 1.82) is 0 Å². The highest BCUT2D eigenvalue weighted by Crippen LogP contribution is 2.19. The van der Waals surface area contributed by atoms with Gasteiger partial charge in [-0.05, 0) is 5.92 Å². The molecular weight excluding hydrogens is 294 g/mol. The van der Waals surface area contributed by atoms with E-state index in [-0.39, 0.29) is 18.4 Å². The topological polar surface area (TPSA) is 103 Å². The molecule has 1 aromatic rings. The molecule has 3 N–H and O–H groups in total. The molecule has 118 valence electrons. The summed E-state index contributed by atoms with van der Waals surface area (Å²) in [5, 5.41) is 24.1. The first-order valence-corrected chi connectivity index (χ1v) is 7.54. The molecule has 2 amide bonds. The van der Waals surface area contributed by atoms with Gasteiger partial charge >= 0.3 is 12.0 Å². The van der Waals surface area contributed by atoms with Gasteiger partial charge in [-0.3, -0.25) is 5.21 Å². The van der Waals surface area contributed by atoms with E-state index in [4.69, 9.17) is 5.11 Å². The van der Waals surface area contributed by atoms with Crippen LogP contribution in [0.3, 0.4) is 0 Å². The van der Waals surface area contributed by atoms with Crippen molar-refractivity contribution in [3.8, 4) is 0 Å². The van der Waals surface area contributed by atoms with Crippen molar-refractivity contribution in [1.82, 2.24) is 15.4 Å². The third-order valence-corrected chi connectivity index (χ3v) is 4.02. The van der Waals surface area contributed by atoms with E-state index in [1.807, 2.05) is 13.8 Å². The zero-order valence-electron chi connectivity index (χ0n) is 12.5. The molecule has 0 unspecified atom stereocenters. The first-order chi connectivity index (χ1) is 9.72. The van der Waals surface area contributed by atoms with E-state index < -0.39 is 18.0 Å². The minimum Gasteiger partial charge on any atom is -0.480 e. The van der Waals surface area contributed by atoms with E-state index in [0.717, 1.165) is 5.01 Å². The number of aliphatic carboxylic acids is 1. The molecule has 0 radical (unpaired) electrons. The van der Waals surface area contributed by atoms with Crippen LogP contribution in [0, 0.1) is 5.92 Å². The van der Waals surface area contributed by atoms with Crippen molar-refractivity contribution in [3.63, 3.8) is 0 Å². The molecule has 0 saturated carbocycles. The number of aromatic nitrogens is 1. The maximum absolute atomic E-state index is 11.8. The SMILES string of the molecule is CC(C)c1nc(CN(O)C(=O)N[C@H](C(=O)O)C(C)C)cs1. The molecular formula is C13H21N3O4S. The number of nitrogens with one attached hydrogen (secondary N) is 1. The van der Waals surface area contributed by atoms with Crippen molar-refractivity contribution in [2.75, 3.05) is 0 Å². The van der Waals surface area contributed by atoms with E-state index in [0.29, 0.717) is 10.8 Å². The van der Waals surface area contributed by atoms with Crippen LogP contribution in [-0.2, 0) is 11.3 Å². The Kier molecular flexibility index (Phi) is 6.10. The number of thiazole rings is 1. The monoisotopic (exact) mass is 315 g/mol. The molecule has 0 aliphatic rings. The zero-order chi connectivity index (χ0) is 16.2. The van der Waals surface area contributed by atoms with Gasteiger partial charge in [-0.1, -0.05) is 27.7 Å². The number of nitrogens with zero attached hydrogens (tertiary/aromatic N) is 2. The quantitative estimate of drug-likeness (QED) is 0.552. The number of urea groups is 1. The first-order valence-electron chi connectivity index (χ1n) is 6.66. The number of carbonyl (C=O) groups is 2. The highest BCUT2D eigenvalue weighted by atomic mass is 32.1. The van der Waals surface area contributed by atoms with Crippen LogP contribution in [0.5, 0.6) is 0 Å². The number of hydroxylamine groups is 2. The molecule has 0 aliphatic carbocycles. The molecule has 1 atom stereocenters. The number of amides is 2.